The van der Waals surface area contributed by atoms with E-state index in [9.17, 15) is 19.1 Å². The number of hydrogen-bond donors (Lipinski definition) is 1. The number of aryl methyl sites for hydroxylation is 1. The van der Waals surface area contributed by atoms with Crippen LogP contribution in [0, 0.1) is 18.2 Å². The molecule has 0 atom stereocenters. The molecule has 2 aromatic carbocycles. The molecule has 43 heavy (non-hydrogen) atoms. The first kappa shape index (κ1) is 29.6. The summed E-state index contributed by atoms with van der Waals surface area (Å²) in [6, 6.07) is 16.3. The lowest BCUT2D eigenvalue weighted by Gasteiger charge is -2.22. The van der Waals surface area contributed by atoms with Gasteiger partial charge in [0.05, 0.1) is 34.9 Å². The van der Waals surface area contributed by atoms with Gasteiger partial charge in [0.15, 0.2) is 5.78 Å². The Labute approximate surface area is 249 Å². The summed E-state index contributed by atoms with van der Waals surface area (Å²) in [5.74, 6) is -0.846. The highest BCUT2D eigenvalue weighted by molar-refractivity contribution is 6.10. The van der Waals surface area contributed by atoms with Gasteiger partial charge in [-0.2, -0.15) is 0 Å². The van der Waals surface area contributed by atoms with Crippen molar-refractivity contribution in [3.05, 3.63) is 107 Å². The summed E-state index contributed by atoms with van der Waals surface area (Å²) in [5.41, 5.74) is 4.81. The second kappa shape index (κ2) is 12.1. The summed E-state index contributed by atoms with van der Waals surface area (Å²) in [4.78, 5) is 38.4. The molecule has 9 heteroatoms. The van der Waals surface area contributed by atoms with Crippen LogP contribution in [0.2, 0.25) is 0 Å². The number of ketones is 1. The van der Waals surface area contributed by atoms with Crippen LogP contribution in [0.5, 0.6) is 5.75 Å². The van der Waals surface area contributed by atoms with E-state index in [1.165, 1.54) is 12.3 Å². The van der Waals surface area contributed by atoms with Gasteiger partial charge in [0.1, 0.15) is 18.2 Å². The third-order valence-corrected chi connectivity index (χ3v) is 7.47. The molecule has 0 aliphatic heterocycles. The van der Waals surface area contributed by atoms with E-state index in [1.807, 2.05) is 54.0 Å². The fourth-order valence-electron chi connectivity index (χ4n) is 4.98. The number of nitrogens with zero attached hydrogens (tertiary/aromatic N) is 4. The Kier molecular flexibility index (Phi) is 8.34. The molecule has 5 rings (SSSR count). The fourth-order valence-corrected chi connectivity index (χ4v) is 4.98. The van der Waals surface area contributed by atoms with Gasteiger partial charge in [-0.25, -0.2) is 4.39 Å². The average Bonchev–Trinajstić information content (AvgIpc) is 3.28. The molecule has 3 heterocycles. The number of carboxylic acid groups (broad SMARTS) is 1. The number of benzene rings is 2. The molecule has 0 amide bonds. The Morgan fingerprint density at radius 2 is 1.74 bits per heavy atom. The topological polar surface area (TPSA) is 107 Å². The highest BCUT2D eigenvalue weighted by Crippen LogP contribution is 2.35. The normalized spacial score (nSPS) is 11.6. The van der Waals surface area contributed by atoms with E-state index >= 15 is 0 Å². The van der Waals surface area contributed by atoms with Crippen molar-refractivity contribution in [3.63, 3.8) is 0 Å². The minimum atomic E-state index is -1.11. The van der Waals surface area contributed by atoms with Crippen molar-refractivity contribution in [2.24, 2.45) is 5.41 Å². The van der Waals surface area contributed by atoms with E-state index < -0.39 is 17.2 Å². The number of aromatic nitrogens is 4. The van der Waals surface area contributed by atoms with Crippen LogP contribution in [0.3, 0.4) is 0 Å². The Bertz CT molecular complexity index is 1780. The maximum Gasteiger partial charge on any atom is 0.309 e. The summed E-state index contributed by atoms with van der Waals surface area (Å²) >= 11 is 0. The molecule has 0 aliphatic carbocycles. The first-order valence-electron chi connectivity index (χ1n) is 14.1. The van der Waals surface area contributed by atoms with E-state index in [2.05, 4.69) is 15.0 Å². The van der Waals surface area contributed by atoms with Gasteiger partial charge < -0.3 is 14.4 Å². The molecule has 3 aromatic heterocycles. The molecule has 0 aliphatic rings. The van der Waals surface area contributed by atoms with Crippen LogP contribution in [0.1, 0.15) is 60.2 Å². The number of pyridine rings is 1. The van der Waals surface area contributed by atoms with Gasteiger partial charge in [-0.15, -0.1) is 0 Å². The lowest BCUT2D eigenvalue weighted by atomic mass is 9.86. The van der Waals surface area contributed by atoms with Crippen LogP contribution < -0.4 is 4.74 Å². The first-order valence-corrected chi connectivity index (χ1v) is 14.1. The molecule has 0 bridgehead atoms. The predicted octanol–water partition coefficient (Wildman–Crippen LogP) is 6.81. The summed E-state index contributed by atoms with van der Waals surface area (Å²) in [5, 5.41) is 10.7. The zero-order valence-electron chi connectivity index (χ0n) is 24.6. The third-order valence-electron chi connectivity index (χ3n) is 7.47. The van der Waals surface area contributed by atoms with Crippen LogP contribution in [-0.4, -0.2) is 36.4 Å². The maximum atomic E-state index is 13.5. The number of halogens is 1. The second-order valence-corrected chi connectivity index (χ2v) is 11.2. The number of Topliss-reactive ketones (excluding diaryl/α,β-unsaturated/α-hetero) is 1. The molecule has 0 saturated heterocycles. The van der Waals surface area contributed by atoms with Gasteiger partial charge in [0.25, 0.3) is 0 Å². The number of carboxylic acids is 1. The molecule has 0 spiro atoms. The van der Waals surface area contributed by atoms with E-state index in [0.717, 1.165) is 22.3 Å². The van der Waals surface area contributed by atoms with E-state index in [-0.39, 0.29) is 25.2 Å². The lowest BCUT2D eigenvalue weighted by molar-refractivity contribution is -0.146. The zero-order valence-corrected chi connectivity index (χ0v) is 24.6. The smallest absolute Gasteiger partial charge is 0.309 e. The Hall–Kier alpha value is -4.92. The molecule has 5 aromatic rings. The Morgan fingerprint density at radius 3 is 2.37 bits per heavy atom. The minimum Gasteiger partial charge on any atom is -0.487 e. The molecule has 220 valence electrons. The van der Waals surface area contributed by atoms with Crippen molar-refractivity contribution in [1.29, 1.82) is 0 Å². The lowest BCUT2D eigenvalue weighted by Crippen LogP contribution is -2.28. The molecule has 8 nitrogen and oxygen atoms in total. The maximum absolute atomic E-state index is 13.5. The summed E-state index contributed by atoms with van der Waals surface area (Å²) in [6.07, 6.45) is 4.96. The van der Waals surface area contributed by atoms with E-state index in [0.29, 0.717) is 40.3 Å². The quantitative estimate of drug-likeness (QED) is 0.171. The minimum absolute atomic E-state index is 0.0702. The van der Waals surface area contributed by atoms with Gasteiger partial charge in [-0.05, 0) is 56.7 Å². The molecule has 0 radical (unpaired) electrons. The van der Waals surface area contributed by atoms with Gasteiger partial charge in [-0.3, -0.25) is 24.5 Å². The Morgan fingerprint density at radius 1 is 0.977 bits per heavy atom. The SMILES string of the molecule is CCC(=O)c1c(CC(C)(C)C(=O)O)n(Cc2ccc(-c3ccc(F)cn3)cc2)c2ccc(OCc3cnc(C)cn3)cc12. The summed E-state index contributed by atoms with van der Waals surface area (Å²) < 4.78 is 21.4. The predicted molar refractivity (Wildman–Crippen MR) is 162 cm³/mol. The largest absolute Gasteiger partial charge is 0.487 e. The molecular formula is C34H33FN4O4. The number of aliphatic carboxylic acids is 1. The average molecular weight is 581 g/mol. The standard InChI is InChI=1S/C34H33FN4O4/c1-5-31(40)32-27-14-26(43-20-25-18-36-21(2)16-37-25)11-13-29(27)39(30(32)15-34(3,4)33(41)42)19-22-6-8-23(9-7-22)28-12-10-24(35)17-38-28/h6-14,16-18H,5,15,19-20H2,1-4H3,(H,41,42). The zero-order chi connectivity index (χ0) is 30.7. The summed E-state index contributed by atoms with van der Waals surface area (Å²) in [6.45, 7) is 7.62. The number of ether oxygens (including phenoxy) is 1. The number of carbonyl (C=O) groups is 2. The van der Waals surface area contributed by atoms with Gasteiger partial charge >= 0.3 is 5.97 Å². The number of rotatable bonds is 11. The third kappa shape index (κ3) is 6.45. The highest BCUT2D eigenvalue weighted by Gasteiger charge is 2.33. The molecular weight excluding hydrogens is 547 g/mol. The molecule has 1 N–H and O–H groups in total. The molecule has 0 unspecified atom stereocenters. The van der Waals surface area contributed by atoms with Gasteiger partial charge in [-0.1, -0.05) is 31.2 Å². The summed E-state index contributed by atoms with van der Waals surface area (Å²) in [7, 11) is 0. The van der Waals surface area contributed by atoms with Gasteiger partial charge in [0, 0.05) is 53.3 Å². The monoisotopic (exact) mass is 580 g/mol. The molecule has 0 saturated carbocycles. The van der Waals surface area contributed by atoms with Crippen molar-refractivity contribution in [3.8, 4) is 17.0 Å². The number of carbonyl (C=O) groups excluding carboxylic acids is 1. The molecule has 0 fully saturated rings. The number of fused-ring (bicyclic) bond motifs is 1. The van der Waals surface area contributed by atoms with Crippen LogP contribution in [0.25, 0.3) is 22.2 Å². The number of hydrogen-bond acceptors (Lipinski definition) is 6. The van der Waals surface area contributed by atoms with Crippen LogP contribution in [-0.2, 0) is 24.4 Å². The fraction of sp³-hybridized carbons (Fsp3) is 0.265. The van der Waals surface area contributed by atoms with Gasteiger partial charge in [0.2, 0.25) is 0 Å². The van der Waals surface area contributed by atoms with Crippen LogP contribution >= 0.6 is 0 Å². The first-order chi connectivity index (χ1) is 20.6. The Balaban J connectivity index is 1.57. The van der Waals surface area contributed by atoms with E-state index in [4.69, 9.17) is 4.74 Å². The van der Waals surface area contributed by atoms with E-state index in [1.54, 1.807) is 39.2 Å². The van der Waals surface area contributed by atoms with Crippen LogP contribution in [0.15, 0.2) is 73.2 Å². The van der Waals surface area contributed by atoms with Crippen molar-refractivity contribution >= 4 is 22.7 Å². The van der Waals surface area contributed by atoms with Crippen molar-refractivity contribution < 1.29 is 23.8 Å². The van der Waals surface area contributed by atoms with Crippen molar-refractivity contribution in [1.82, 2.24) is 19.5 Å². The van der Waals surface area contributed by atoms with Crippen molar-refractivity contribution in [2.75, 3.05) is 0 Å². The van der Waals surface area contributed by atoms with Crippen LogP contribution in [0.4, 0.5) is 4.39 Å². The second-order valence-electron chi connectivity index (χ2n) is 11.2. The highest BCUT2D eigenvalue weighted by atomic mass is 19.1. The van der Waals surface area contributed by atoms with Crippen molar-refractivity contribution in [2.45, 2.75) is 53.7 Å².